The summed E-state index contributed by atoms with van der Waals surface area (Å²) in [6.45, 7) is 13.7. The number of benzene rings is 2. The molecule has 0 atom stereocenters. The quantitative estimate of drug-likeness (QED) is 0.449. The Hall–Kier alpha value is -0.663. The first-order valence-electron chi connectivity index (χ1n) is 7.73. The van der Waals surface area contributed by atoms with Gasteiger partial charge in [-0.25, -0.2) is 0 Å². The monoisotopic (exact) mass is 304 g/mol. The molecule has 0 nitrogen and oxygen atoms in total. The molecule has 2 aromatic carbocycles. The molecule has 0 aliphatic rings. The van der Waals surface area contributed by atoms with Gasteiger partial charge < -0.3 is 0 Å². The van der Waals surface area contributed by atoms with Gasteiger partial charge in [0.05, 0.1) is 0 Å². The average molecular weight is 304 g/mol. The van der Waals surface area contributed by atoms with Crippen molar-refractivity contribution in [2.75, 3.05) is 0 Å². The van der Waals surface area contributed by atoms with E-state index in [1.54, 1.807) is 0 Å². The zero-order chi connectivity index (χ0) is 15.4. The second kappa shape index (κ2) is 5.76. The molecule has 0 fully saturated rings. The van der Waals surface area contributed by atoms with E-state index in [-0.39, 0.29) is 29.7 Å². The van der Waals surface area contributed by atoms with Crippen molar-refractivity contribution in [1.82, 2.24) is 0 Å². The van der Waals surface area contributed by atoms with Crippen molar-refractivity contribution in [2.45, 2.75) is 52.4 Å². The second-order valence-electron chi connectivity index (χ2n) is 8.15. The first kappa shape index (κ1) is 17.7. The van der Waals surface area contributed by atoms with Crippen molar-refractivity contribution in [3.8, 4) is 0 Å². The van der Waals surface area contributed by atoms with Crippen LogP contribution in [0, 0.1) is 0 Å². The van der Waals surface area contributed by atoms with Gasteiger partial charge in [-0.2, -0.15) is 0 Å². The summed E-state index contributed by atoms with van der Waals surface area (Å²) in [6, 6.07) is 14.1. The molecule has 1 heterocycles. The van der Waals surface area contributed by atoms with Crippen molar-refractivity contribution in [2.24, 2.45) is 0 Å². The molecule has 0 aliphatic carbocycles. The average Bonchev–Trinajstić information content (AvgIpc) is 2.73. The Morgan fingerprint density at radius 3 is 1.32 bits per heavy atom. The number of hydrogen-bond donors (Lipinski definition) is 0. The third-order valence-corrected chi connectivity index (χ3v) is 5.70. The summed E-state index contributed by atoms with van der Waals surface area (Å²) in [5.74, 6) is 0. The van der Waals surface area contributed by atoms with Gasteiger partial charge in [0, 0.05) is 0 Å². The molecule has 0 saturated heterocycles. The van der Waals surface area contributed by atoms with Crippen LogP contribution in [0.5, 0.6) is 0 Å². The molecule has 0 spiro atoms. The minimum atomic E-state index is 0. The fraction of sp³-hybridized carbons (Fsp3) is 0.400. The first-order valence-corrected chi connectivity index (χ1v) is 8.73. The molecule has 0 aliphatic heterocycles. The molecule has 0 N–H and O–H groups in total. The van der Waals surface area contributed by atoms with E-state index in [1.807, 2.05) is 0 Å². The van der Waals surface area contributed by atoms with Gasteiger partial charge in [-0.1, -0.05) is 65.8 Å². The molecule has 3 aromatic rings. The van der Waals surface area contributed by atoms with Crippen molar-refractivity contribution in [3.63, 3.8) is 0 Å². The predicted molar refractivity (Wildman–Crippen MR) is 106 cm³/mol. The van der Waals surface area contributed by atoms with E-state index < -0.39 is 0 Å². The summed E-state index contributed by atoms with van der Waals surface area (Å²) in [7, 11) is 0.802. The topological polar surface area (TPSA) is 0 Å². The Bertz CT molecular complexity index is 745. The Balaban J connectivity index is 0.00000176. The summed E-state index contributed by atoms with van der Waals surface area (Å²) in [5, 5.41) is 5.92. The molecular formula is C20H26LiP. The van der Waals surface area contributed by atoms with Gasteiger partial charge in [0.2, 0.25) is 0 Å². The molecular weight excluding hydrogens is 278 g/mol. The predicted octanol–water partition coefficient (Wildman–Crippen LogP) is 5.97. The van der Waals surface area contributed by atoms with Gasteiger partial charge in [-0.05, 0) is 55.1 Å². The molecule has 3 rings (SSSR count). The van der Waals surface area contributed by atoms with Crippen LogP contribution in [0.4, 0.5) is 0 Å². The van der Waals surface area contributed by atoms with E-state index in [1.165, 1.54) is 32.1 Å². The molecule has 0 unspecified atom stereocenters. The Kier molecular flexibility index (Phi) is 4.63. The van der Waals surface area contributed by atoms with E-state index >= 15 is 0 Å². The van der Waals surface area contributed by atoms with Gasteiger partial charge in [-0.3, -0.25) is 0 Å². The SMILES string of the molecule is CC(C)(C)c1ccc2c(c1)[pH]c1cc(C(C)(C)C)ccc12.[LiH]. The summed E-state index contributed by atoms with van der Waals surface area (Å²) in [6.07, 6.45) is 0. The number of rotatable bonds is 0. The summed E-state index contributed by atoms with van der Waals surface area (Å²) in [5.41, 5.74) is 3.34. The van der Waals surface area contributed by atoms with Crippen molar-refractivity contribution < 1.29 is 0 Å². The molecule has 0 amide bonds. The molecule has 112 valence electrons. The maximum absolute atomic E-state index is 2.42. The van der Waals surface area contributed by atoms with Crippen LogP contribution >= 0.6 is 8.19 Å². The molecule has 1 aromatic heterocycles. The van der Waals surface area contributed by atoms with Gasteiger partial charge in [0.1, 0.15) is 0 Å². The van der Waals surface area contributed by atoms with Crippen LogP contribution in [0.2, 0.25) is 0 Å². The standard InChI is InChI=1S/C20H25P.Li.H/c1-19(2,3)13-7-9-15-16-10-8-14(20(4,5)6)12-18(16)21-17(15)11-13;;/h7-12,21H,1-6H3;;. The van der Waals surface area contributed by atoms with Crippen molar-refractivity contribution >= 4 is 48.1 Å². The summed E-state index contributed by atoms with van der Waals surface area (Å²) in [4.78, 5) is 0. The third-order valence-electron chi connectivity index (χ3n) is 4.33. The van der Waals surface area contributed by atoms with E-state index in [2.05, 4.69) is 77.9 Å². The van der Waals surface area contributed by atoms with E-state index in [4.69, 9.17) is 0 Å². The molecule has 0 radical (unpaired) electrons. The van der Waals surface area contributed by atoms with Gasteiger partial charge in [0.25, 0.3) is 0 Å². The van der Waals surface area contributed by atoms with Crippen LogP contribution in [-0.2, 0) is 10.8 Å². The van der Waals surface area contributed by atoms with Gasteiger partial charge >= 0.3 is 18.9 Å². The van der Waals surface area contributed by atoms with Crippen LogP contribution < -0.4 is 0 Å². The Morgan fingerprint density at radius 1 is 0.636 bits per heavy atom. The van der Waals surface area contributed by atoms with Crippen LogP contribution in [0.3, 0.4) is 0 Å². The summed E-state index contributed by atoms with van der Waals surface area (Å²) < 4.78 is 0. The second-order valence-corrected chi connectivity index (χ2v) is 9.47. The fourth-order valence-electron chi connectivity index (χ4n) is 2.84. The first-order chi connectivity index (χ1) is 9.66. The normalized spacial score (nSPS) is 12.6. The molecule has 0 bridgehead atoms. The van der Waals surface area contributed by atoms with E-state index in [9.17, 15) is 0 Å². The van der Waals surface area contributed by atoms with Crippen LogP contribution in [-0.4, -0.2) is 18.9 Å². The van der Waals surface area contributed by atoms with Gasteiger partial charge in [-0.15, -0.1) is 8.19 Å². The van der Waals surface area contributed by atoms with Gasteiger partial charge in [0.15, 0.2) is 0 Å². The number of hydrogen-bond acceptors (Lipinski definition) is 0. The summed E-state index contributed by atoms with van der Waals surface area (Å²) >= 11 is 0. The zero-order valence-electron chi connectivity index (χ0n) is 14.0. The third kappa shape index (κ3) is 3.16. The molecule has 2 heteroatoms. The van der Waals surface area contributed by atoms with Crippen molar-refractivity contribution in [3.05, 3.63) is 47.5 Å². The molecule has 22 heavy (non-hydrogen) atoms. The Morgan fingerprint density at radius 2 is 1.00 bits per heavy atom. The van der Waals surface area contributed by atoms with Crippen molar-refractivity contribution in [1.29, 1.82) is 0 Å². The zero-order valence-corrected chi connectivity index (χ0v) is 15.0. The maximum atomic E-state index is 2.42. The Labute approximate surface area is 147 Å². The van der Waals surface area contributed by atoms with Crippen LogP contribution in [0.25, 0.3) is 21.0 Å². The molecule has 0 saturated carbocycles. The van der Waals surface area contributed by atoms with E-state index in [0.29, 0.717) is 0 Å². The van der Waals surface area contributed by atoms with Crippen LogP contribution in [0.15, 0.2) is 36.4 Å². The van der Waals surface area contributed by atoms with E-state index in [0.717, 1.165) is 8.19 Å². The fourth-order valence-corrected chi connectivity index (χ4v) is 4.29. The van der Waals surface area contributed by atoms with Crippen LogP contribution in [0.1, 0.15) is 52.7 Å². The number of fused-ring (bicyclic) bond motifs is 3. The minimum absolute atomic E-state index is 0.